The molecule has 0 aromatic heterocycles. The molecule has 0 aliphatic carbocycles. The number of hydrogen-bond acceptors (Lipinski definition) is 2. The van der Waals surface area contributed by atoms with Gasteiger partial charge in [0.25, 0.3) is 0 Å². The summed E-state index contributed by atoms with van der Waals surface area (Å²) < 4.78 is 11.9. The Bertz CT molecular complexity index is 474. The van der Waals surface area contributed by atoms with Gasteiger partial charge in [0.15, 0.2) is 0 Å². The summed E-state index contributed by atoms with van der Waals surface area (Å²) in [6.07, 6.45) is 3.87. The zero-order valence-corrected chi connectivity index (χ0v) is 13.2. The Balaban J connectivity index is 1.73. The Kier molecular flexibility index (Phi) is 3.61. The van der Waals surface area contributed by atoms with E-state index in [1.54, 1.807) is 0 Å². The van der Waals surface area contributed by atoms with Crippen LogP contribution in [-0.4, -0.2) is 24.1 Å². The second kappa shape index (κ2) is 5.10. The SMILES string of the molecule is Cc1ccc2c(c1)CC(CC1(CBr)CCOC1C)O2. The highest BCUT2D eigenvalue weighted by Gasteiger charge is 2.43. The molecule has 0 N–H and O–H groups in total. The molecule has 2 aliphatic rings. The minimum absolute atomic E-state index is 0.238. The second-order valence-electron chi connectivity index (χ2n) is 6.02. The number of aryl methyl sites for hydroxylation is 1. The molecule has 0 saturated carbocycles. The molecule has 1 aromatic carbocycles. The molecule has 1 fully saturated rings. The Morgan fingerprint density at radius 3 is 2.95 bits per heavy atom. The normalized spacial score (nSPS) is 33.2. The van der Waals surface area contributed by atoms with E-state index in [4.69, 9.17) is 9.47 Å². The van der Waals surface area contributed by atoms with Crippen LogP contribution in [-0.2, 0) is 11.2 Å². The number of rotatable bonds is 3. The van der Waals surface area contributed by atoms with Crippen LogP contribution in [0.5, 0.6) is 5.75 Å². The highest BCUT2D eigenvalue weighted by molar-refractivity contribution is 9.09. The van der Waals surface area contributed by atoms with Crippen LogP contribution in [0.25, 0.3) is 0 Å². The molecule has 2 heterocycles. The predicted molar refractivity (Wildman–Crippen MR) is 80.2 cm³/mol. The molecule has 3 rings (SSSR count). The van der Waals surface area contributed by atoms with Gasteiger partial charge < -0.3 is 9.47 Å². The van der Waals surface area contributed by atoms with E-state index in [2.05, 4.69) is 48.0 Å². The first-order valence-electron chi connectivity index (χ1n) is 7.07. The third-order valence-electron chi connectivity index (χ3n) is 4.69. The van der Waals surface area contributed by atoms with Gasteiger partial charge in [-0.05, 0) is 38.3 Å². The first-order valence-corrected chi connectivity index (χ1v) is 8.19. The van der Waals surface area contributed by atoms with Gasteiger partial charge in [-0.25, -0.2) is 0 Å². The third kappa shape index (κ3) is 2.43. The molecule has 1 saturated heterocycles. The number of fused-ring (bicyclic) bond motifs is 1. The van der Waals surface area contributed by atoms with Crippen molar-refractivity contribution < 1.29 is 9.47 Å². The largest absolute Gasteiger partial charge is 0.490 e. The lowest BCUT2D eigenvalue weighted by Gasteiger charge is -2.32. The van der Waals surface area contributed by atoms with Gasteiger partial charge in [-0.2, -0.15) is 0 Å². The summed E-state index contributed by atoms with van der Waals surface area (Å²) in [5, 5.41) is 0.996. The molecule has 3 unspecified atom stereocenters. The molecular weight excluding hydrogens is 304 g/mol. The second-order valence-corrected chi connectivity index (χ2v) is 6.58. The van der Waals surface area contributed by atoms with E-state index in [9.17, 15) is 0 Å². The van der Waals surface area contributed by atoms with Crippen molar-refractivity contribution in [3.63, 3.8) is 0 Å². The smallest absolute Gasteiger partial charge is 0.123 e. The molecule has 2 aliphatic heterocycles. The van der Waals surface area contributed by atoms with Gasteiger partial charge in [0.1, 0.15) is 11.9 Å². The van der Waals surface area contributed by atoms with Gasteiger partial charge in [-0.3, -0.25) is 0 Å². The average molecular weight is 325 g/mol. The quantitative estimate of drug-likeness (QED) is 0.785. The lowest BCUT2D eigenvalue weighted by Crippen LogP contribution is -2.36. The molecule has 3 atom stereocenters. The van der Waals surface area contributed by atoms with E-state index < -0.39 is 0 Å². The van der Waals surface area contributed by atoms with Gasteiger partial charge >= 0.3 is 0 Å². The molecule has 3 heteroatoms. The molecule has 0 bridgehead atoms. The predicted octanol–water partition coefficient (Wildman–Crippen LogP) is 3.88. The molecule has 1 aromatic rings. The number of benzene rings is 1. The van der Waals surface area contributed by atoms with Gasteiger partial charge in [0.05, 0.1) is 6.10 Å². The minimum atomic E-state index is 0.238. The fraction of sp³-hybridized carbons (Fsp3) is 0.625. The number of halogens is 1. The third-order valence-corrected chi connectivity index (χ3v) is 5.80. The molecule has 19 heavy (non-hydrogen) atoms. The Hall–Kier alpha value is -0.540. The molecule has 0 radical (unpaired) electrons. The summed E-state index contributed by atoms with van der Waals surface area (Å²) in [5.74, 6) is 1.08. The van der Waals surface area contributed by atoms with Crippen molar-refractivity contribution in [3.8, 4) is 5.75 Å². The number of alkyl halides is 1. The maximum Gasteiger partial charge on any atom is 0.123 e. The average Bonchev–Trinajstić information content (AvgIpc) is 2.94. The first kappa shape index (κ1) is 13.4. The van der Waals surface area contributed by atoms with Crippen molar-refractivity contribution in [2.45, 2.75) is 45.3 Å². The van der Waals surface area contributed by atoms with Crippen LogP contribution in [0.3, 0.4) is 0 Å². The van der Waals surface area contributed by atoms with Gasteiger partial charge in [0, 0.05) is 23.8 Å². The first-order chi connectivity index (χ1) is 9.13. The van der Waals surface area contributed by atoms with E-state index in [0.717, 1.165) is 36.9 Å². The highest BCUT2D eigenvalue weighted by atomic mass is 79.9. The van der Waals surface area contributed by atoms with Crippen molar-refractivity contribution >= 4 is 15.9 Å². The Labute approximate surface area is 123 Å². The summed E-state index contributed by atoms with van der Waals surface area (Å²) in [7, 11) is 0. The molecule has 104 valence electrons. The van der Waals surface area contributed by atoms with Crippen LogP contribution in [0.1, 0.15) is 30.9 Å². The van der Waals surface area contributed by atoms with Crippen molar-refractivity contribution in [3.05, 3.63) is 29.3 Å². The summed E-state index contributed by atoms with van der Waals surface area (Å²) in [6.45, 7) is 5.21. The lowest BCUT2D eigenvalue weighted by molar-refractivity contribution is 0.0502. The minimum Gasteiger partial charge on any atom is -0.490 e. The van der Waals surface area contributed by atoms with Gasteiger partial charge in [0.2, 0.25) is 0 Å². The standard InChI is InChI=1S/C16H21BrO2/c1-11-3-4-15-13(7-11)8-14(19-15)9-16(10-17)5-6-18-12(16)2/h3-4,7,12,14H,5-6,8-10H2,1-2H3. The Morgan fingerprint density at radius 1 is 1.42 bits per heavy atom. The van der Waals surface area contributed by atoms with Gasteiger partial charge in [-0.15, -0.1) is 0 Å². The van der Waals surface area contributed by atoms with Crippen molar-refractivity contribution in [2.75, 3.05) is 11.9 Å². The zero-order chi connectivity index (χ0) is 13.5. The van der Waals surface area contributed by atoms with Crippen molar-refractivity contribution in [1.82, 2.24) is 0 Å². The van der Waals surface area contributed by atoms with E-state index in [-0.39, 0.29) is 5.41 Å². The molecular formula is C16H21BrO2. The van der Waals surface area contributed by atoms with Crippen LogP contribution >= 0.6 is 15.9 Å². The van der Waals surface area contributed by atoms with Crippen LogP contribution in [0.2, 0.25) is 0 Å². The fourth-order valence-corrected chi connectivity index (χ4v) is 4.30. The van der Waals surface area contributed by atoms with Crippen molar-refractivity contribution in [1.29, 1.82) is 0 Å². The van der Waals surface area contributed by atoms with E-state index >= 15 is 0 Å². The van der Waals surface area contributed by atoms with E-state index in [1.807, 2.05) is 0 Å². The van der Waals surface area contributed by atoms with E-state index in [1.165, 1.54) is 11.1 Å². The highest BCUT2D eigenvalue weighted by Crippen LogP contribution is 2.43. The van der Waals surface area contributed by atoms with Gasteiger partial charge in [-0.1, -0.05) is 33.6 Å². The fourth-order valence-electron chi connectivity index (χ4n) is 3.33. The molecule has 0 amide bonds. The monoisotopic (exact) mass is 324 g/mol. The van der Waals surface area contributed by atoms with Crippen LogP contribution in [0.15, 0.2) is 18.2 Å². The summed E-state index contributed by atoms with van der Waals surface area (Å²) in [5.41, 5.74) is 2.92. The lowest BCUT2D eigenvalue weighted by atomic mass is 9.78. The molecule has 0 spiro atoms. The number of ether oxygens (including phenoxy) is 2. The zero-order valence-electron chi connectivity index (χ0n) is 11.6. The maximum atomic E-state index is 6.12. The maximum absolute atomic E-state index is 6.12. The molecule has 2 nitrogen and oxygen atoms in total. The summed E-state index contributed by atoms with van der Waals surface area (Å²) in [6, 6.07) is 6.49. The van der Waals surface area contributed by atoms with E-state index in [0.29, 0.717) is 12.2 Å². The summed E-state index contributed by atoms with van der Waals surface area (Å²) in [4.78, 5) is 0. The van der Waals surface area contributed by atoms with Crippen LogP contribution < -0.4 is 4.74 Å². The Morgan fingerprint density at radius 2 is 2.26 bits per heavy atom. The van der Waals surface area contributed by atoms with Crippen molar-refractivity contribution in [2.24, 2.45) is 5.41 Å². The topological polar surface area (TPSA) is 18.5 Å². The number of hydrogen-bond donors (Lipinski definition) is 0. The van der Waals surface area contributed by atoms with Crippen LogP contribution in [0, 0.1) is 12.3 Å². The van der Waals surface area contributed by atoms with Crippen LogP contribution in [0.4, 0.5) is 0 Å². The summed E-state index contributed by atoms with van der Waals surface area (Å²) >= 11 is 3.69.